The SMILES string of the molecule is CC12C(=O)N(c3ccccc3)C(=O)C1CC1C(=CCC3C(=O)N(c4cccc(B(O)O)c4)C(=O)C31)C2c1cc(OC(F)(F)F)ccc1O. The van der Waals surface area contributed by atoms with E-state index in [1.54, 1.807) is 43.3 Å². The molecule has 3 aromatic carbocycles. The van der Waals surface area contributed by atoms with Crippen molar-refractivity contribution in [3.8, 4) is 11.5 Å². The van der Waals surface area contributed by atoms with Crippen molar-refractivity contribution in [1.29, 1.82) is 0 Å². The normalized spacial score (nSPS) is 28.2. The molecular weight excluding hydrogens is 632 g/mol. The third kappa shape index (κ3) is 4.73. The molecule has 7 rings (SSSR count). The highest BCUT2D eigenvalue weighted by Gasteiger charge is 2.68. The zero-order valence-electron chi connectivity index (χ0n) is 25.3. The van der Waals surface area contributed by atoms with Gasteiger partial charge in [-0.1, -0.05) is 42.0 Å². The zero-order chi connectivity index (χ0) is 34.3. The molecule has 2 heterocycles. The number of carbonyl (C=O) groups excluding carboxylic acids is 4. The van der Waals surface area contributed by atoms with Gasteiger partial charge in [0.25, 0.3) is 0 Å². The van der Waals surface area contributed by atoms with Crippen LogP contribution < -0.4 is 20.0 Å². The Kier molecular flexibility index (Phi) is 7.29. The van der Waals surface area contributed by atoms with Gasteiger partial charge in [0, 0.05) is 11.5 Å². The van der Waals surface area contributed by atoms with Gasteiger partial charge in [0.05, 0.1) is 34.5 Å². The number of phenolic OH excluding ortho intramolecular Hbond substituents is 1. The standard InChI is InChI=1S/C34H28BF3N2O8/c1-33-25(30(43)40(32(33)45)18-7-3-2-4-8-18)16-23-21(28(33)24-15-20(10-13-26(24)41)48-34(36,37)38)11-12-22-27(23)31(44)39(29(22)42)19-9-5-6-17(14-19)35(46)47/h2-11,13-15,22-23,25,27-28,41,46-47H,12,16H2,1H3. The van der Waals surface area contributed by atoms with Crippen molar-refractivity contribution in [2.24, 2.45) is 29.1 Å². The molecule has 0 radical (unpaired) electrons. The van der Waals surface area contributed by atoms with E-state index in [1.165, 1.54) is 24.3 Å². The third-order valence-electron chi connectivity index (χ3n) is 10.3. The average molecular weight is 660 g/mol. The fourth-order valence-electron chi connectivity index (χ4n) is 8.22. The van der Waals surface area contributed by atoms with E-state index in [9.17, 15) is 47.5 Å². The molecule has 2 aliphatic carbocycles. The minimum atomic E-state index is -5.06. The van der Waals surface area contributed by atoms with Gasteiger partial charge in [-0.2, -0.15) is 0 Å². The molecule has 2 aliphatic heterocycles. The van der Waals surface area contributed by atoms with Crippen LogP contribution in [0.2, 0.25) is 0 Å². The molecule has 3 N–H and O–H groups in total. The predicted octanol–water partition coefficient (Wildman–Crippen LogP) is 3.41. The lowest BCUT2D eigenvalue weighted by Crippen LogP contribution is -2.49. The van der Waals surface area contributed by atoms with Crippen molar-refractivity contribution in [3.05, 3.63) is 90.0 Å². The van der Waals surface area contributed by atoms with Gasteiger partial charge in [0.2, 0.25) is 23.6 Å². The first-order valence-electron chi connectivity index (χ1n) is 15.3. The summed E-state index contributed by atoms with van der Waals surface area (Å²) in [7, 11) is -1.85. The second-order valence-electron chi connectivity index (χ2n) is 12.7. The van der Waals surface area contributed by atoms with Crippen LogP contribution in [0.3, 0.4) is 0 Å². The Morgan fingerprint density at radius 2 is 1.56 bits per heavy atom. The quantitative estimate of drug-likeness (QED) is 0.215. The van der Waals surface area contributed by atoms with Crippen LogP contribution in [0, 0.1) is 29.1 Å². The number of carbonyl (C=O) groups is 4. The fourth-order valence-corrected chi connectivity index (χ4v) is 8.22. The van der Waals surface area contributed by atoms with Crippen molar-refractivity contribution in [1.82, 2.24) is 0 Å². The molecule has 2 saturated heterocycles. The summed E-state index contributed by atoms with van der Waals surface area (Å²) in [5, 5.41) is 30.5. The van der Waals surface area contributed by atoms with Crippen LogP contribution in [0.15, 0.2) is 84.4 Å². The van der Waals surface area contributed by atoms with Crippen LogP contribution in [0.25, 0.3) is 0 Å². The molecule has 1 saturated carbocycles. The van der Waals surface area contributed by atoms with Gasteiger partial charge >= 0.3 is 13.5 Å². The second kappa shape index (κ2) is 11.1. The zero-order valence-corrected chi connectivity index (χ0v) is 25.3. The molecule has 3 fully saturated rings. The first-order chi connectivity index (χ1) is 22.7. The molecule has 0 aromatic heterocycles. The summed E-state index contributed by atoms with van der Waals surface area (Å²) >= 11 is 0. The average Bonchev–Trinajstić information content (AvgIpc) is 3.41. The number of benzene rings is 3. The van der Waals surface area contributed by atoms with E-state index in [0.717, 1.165) is 28.0 Å². The predicted molar refractivity (Wildman–Crippen MR) is 165 cm³/mol. The summed E-state index contributed by atoms with van der Waals surface area (Å²) < 4.78 is 44.1. The monoisotopic (exact) mass is 660 g/mol. The van der Waals surface area contributed by atoms with Gasteiger partial charge in [0.1, 0.15) is 11.5 Å². The van der Waals surface area contributed by atoms with Gasteiger partial charge in [0.15, 0.2) is 0 Å². The first-order valence-corrected chi connectivity index (χ1v) is 15.3. The molecule has 0 spiro atoms. The molecule has 10 nitrogen and oxygen atoms in total. The number of ether oxygens (including phenoxy) is 1. The Morgan fingerprint density at radius 3 is 2.25 bits per heavy atom. The van der Waals surface area contributed by atoms with E-state index >= 15 is 0 Å². The number of allylic oxidation sites excluding steroid dienone is 2. The molecule has 0 bridgehead atoms. The van der Waals surface area contributed by atoms with Gasteiger partial charge in [-0.15, -0.1) is 13.2 Å². The summed E-state index contributed by atoms with van der Waals surface area (Å²) in [6.45, 7) is 1.55. The topological polar surface area (TPSA) is 145 Å². The van der Waals surface area contributed by atoms with Gasteiger partial charge < -0.3 is 19.9 Å². The number of nitrogens with zero attached hydrogens (tertiary/aromatic N) is 2. The molecule has 246 valence electrons. The maximum Gasteiger partial charge on any atom is 0.573 e. The van der Waals surface area contributed by atoms with E-state index in [-0.39, 0.29) is 29.6 Å². The summed E-state index contributed by atoms with van der Waals surface area (Å²) in [5.74, 6) is -8.31. The Hall–Kier alpha value is -4.95. The molecule has 14 heteroatoms. The summed E-state index contributed by atoms with van der Waals surface area (Å²) in [6.07, 6.45) is -3.34. The van der Waals surface area contributed by atoms with Crippen molar-refractivity contribution in [2.75, 3.05) is 9.80 Å². The molecule has 6 atom stereocenters. The van der Waals surface area contributed by atoms with Crippen LogP contribution in [0.4, 0.5) is 24.5 Å². The molecule has 48 heavy (non-hydrogen) atoms. The number of hydrogen-bond donors (Lipinski definition) is 3. The number of fused-ring (bicyclic) bond motifs is 4. The summed E-state index contributed by atoms with van der Waals surface area (Å²) in [6, 6.07) is 16.8. The molecule has 4 amide bonds. The number of anilines is 2. The number of halogens is 3. The highest BCUT2D eigenvalue weighted by molar-refractivity contribution is 6.58. The van der Waals surface area contributed by atoms with Crippen LogP contribution >= 0.6 is 0 Å². The summed E-state index contributed by atoms with van der Waals surface area (Å²) in [4.78, 5) is 58.7. The number of imide groups is 2. The van der Waals surface area contributed by atoms with Crippen LogP contribution in [0.1, 0.15) is 31.2 Å². The number of alkyl halides is 3. The highest BCUT2D eigenvalue weighted by Crippen LogP contribution is 2.64. The number of aromatic hydroxyl groups is 1. The molecular formula is C34H28BF3N2O8. The highest BCUT2D eigenvalue weighted by atomic mass is 19.4. The second-order valence-corrected chi connectivity index (χ2v) is 12.7. The Bertz CT molecular complexity index is 1900. The molecule has 3 aromatic rings. The largest absolute Gasteiger partial charge is 0.573 e. The Morgan fingerprint density at radius 1 is 0.854 bits per heavy atom. The number of hydrogen-bond acceptors (Lipinski definition) is 8. The van der Waals surface area contributed by atoms with Crippen LogP contribution in [-0.2, 0) is 19.2 Å². The smallest absolute Gasteiger partial charge is 0.508 e. The van der Waals surface area contributed by atoms with E-state index in [2.05, 4.69) is 4.74 Å². The maximum absolute atomic E-state index is 14.4. The van der Waals surface area contributed by atoms with E-state index < -0.39 is 83.6 Å². The van der Waals surface area contributed by atoms with E-state index in [1.807, 2.05) is 0 Å². The van der Waals surface area contributed by atoms with E-state index in [4.69, 9.17) is 0 Å². The number of para-hydroxylation sites is 1. The maximum atomic E-state index is 14.4. The summed E-state index contributed by atoms with van der Waals surface area (Å²) in [5.41, 5.74) is -0.767. The van der Waals surface area contributed by atoms with Crippen molar-refractivity contribution in [3.63, 3.8) is 0 Å². The first kappa shape index (κ1) is 31.6. The minimum absolute atomic E-state index is 0.0182. The fraction of sp³-hybridized carbons (Fsp3) is 0.294. The van der Waals surface area contributed by atoms with Crippen molar-refractivity contribution >= 4 is 47.6 Å². The number of phenols is 1. The molecule has 6 unspecified atom stereocenters. The van der Waals surface area contributed by atoms with E-state index in [0.29, 0.717) is 11.3 Å². The van der Waals surface area contributed by atoms with Crippen molar-refractivity contribution < 1.29 is 52.2 Å². The Balaban J connectivity index is 1.37. The van der Waals surface area contributed by atoms with Crippen LogP contribution in [-0.4, -0.2) is 52.3 Å². The lowest BCUT2D eigenvalue weighted by atomic mass is 9.51. The van der Waals surface area contributed by atoms with Gasteiger partial charge in [-0.25, -0.2) is 4.90 Å². The third-order valence-corrected chi connectivity index (χ3v) is 10.3. The lowest BCUT2D eigenvalue weighted by Gasteiger charge is -2.49. The number of rotatable bonds is 5. The van der Waals surface area contributed by atoms with Gasteiger partial charge in [-0.05, 0) is 73.6 Å². The molecule has 4 aliphatic rings. The lowest BCUT2D eigenvalue weighted by molar-refractivity contribution is -0.274. The van der Waals surface area contributed by atoms with Crippen LogP contribution in [0.5, 0.6) is 11.5 Å². The van der Waals surface area contributed by atoms with Gasteiger partial charge in [-0.3, -0.25) is 24.1 Å². The minimum Gasteiger partial charge on any atom is -0.508 e. The van der Waals surface area contributed by atoms with Crippen molar-refractivity contribution in [2.45, 2.75) is 32.0 Å². The number of amides is 4. The Labute approximate surface area is 272 Å².